The van der Waals surface area contributed by atoms with Crippen LogP contribution in [0.3, 0.4) is 0 Å². The molecule has 2 N–H and O–H groups in total. The van der Waals surface area contributed by atoms with E-state index in [0.717, 1.165) is 31.6 Å². The summed E-state index contributed by atoms with van der Waals surface area (Å²) < 4.78 is 1.93. The van der Waals surface area contributed by atoms with E-state index in [2.05, 4.69) is 36.2 Å². The Balaban J connectivity index is 2.56. The van der Waals surface area contributed by atoms with Crippen molar-refractivity contribution < 1.29 is 5.11 Å². The predicted octanol–water partition coefficient (Wildman–Crippen LogP) is 1.33. The standard InChI is InChI=1S/C12H24N4O/c1-4-7-16-11(13-10-15-16)9-14-12(3,5-2)6-8-17/h10,14,17H,4-9H2,1-3H3. The van der Waals surface area contributed by atoms with Gasteiger partial charge in [0.15, 0.2) is 0 Å². The summed E-state index contributed by atoms with van der Waals surface area (Å²) in [5, 5.41) is 16.7. The van der Waals surface area contributed by atoms with Crippen LogP contribution in [0, 0.1) is 0 Å². The van der Waals surface area contributed by atoms with Gasteiger partial charge < -0.3 is 10.4 Å². The molecule has 5 nitrogen and oxygen atoms in total. The van der Waals surface area contributed by atoms with E-state index < -0.39 is 0 Å². The van der Waals surface area contributed by atoms with E-state index in [1.807, 2.05) is 4.68 Å². The fourth-order valence-electron chi connectivity index (χ4n) is 1.75. The number of nitrogens with one attached hydrogen (secondary N) is 1. The Labute approximate surface area is 103 Å². The van der Waals surface area contributed by atoms with E-state index >= 15 is 0 Å². The summed E-state index contributed by atoms with van der Waals surface area (Å²) in [5.41, 5.74) is -0.0300. The zero-order valence-electron chi connectivity index (χ0n) is 11.1. The molecule has 0 bridgehead atoms. The van der Waals surface area contributed by atoms with Gasteiger partial charge in [0.1, 0.15) is 12.2 Å². The zero-order chi connectivity index (χ0) is 12.7. The van der Waals surface area contributed by atoms with Gasteiger partial charge in [0.2, 0.25) is 0 Å². The summed E-state index contributed by atoms with van der Waals surface area (Å²) in [5.74, 6) is 0.962. The fraction of sp³-hybridized carbons (Fsp3) is 0.833. The van der Waals surface area contributed by atoms with Gasteiger partial charge in [-0.2, -0.15) is 5.10 Å². The number of rotatable bonds is 8. The molecule has 0 saturated heterocycles. The second-order valence-electron chi connectivity index (χ2n) is 4.64. The van der Waals surface area contributed by atoms with Gasteiger partial charge in [-0.1, -0.05) is 13.8 Å². The highest BCUT2D eigenvalue weighted by Gasteiger charge is 2.21. The van der Waals surface area contributed by atoms with Crippen molar-refractivity contribution in [3.63, 3.8) is 0 Å². The van der Waals surface area contributed by atoms with Gasteiger partial charge >= 0.3 is 0 Å². The minimum atomic E-state index is -0.0300. The molecule has 0 aliphatic carbocycles. The molecule has 0 aromatic carbocycles. The van der Waals surface area contributed by atoms with Crippen LogP contribution in [0.4, 0.5) is 0 Å². The molecular formula is C12H24N4O. The topological polar surface area (TPSA) is 63.0 Å². The fourth-order valence-corrected chi connectivity index (χ4v) is 1.75. The van der Waals surface area contributed by atoms with Crippen LogP contribution in [0.5, 0.6) is 0 Å². The molecular weight excluding hydrogens is 216 g/mol. The van der Waals surface area contributed by atoms with Crippen molar-refractivity contribution in [3.8, 4) is 0 Å². The maximum atomic E-state index is 9.06. The number of hydrogen-bond acceptors (Lipinski definition) is 4. The summed E-state index contributed by atoms with van der Waals surface area (Å²) in [6.07, 6.45) is 4.39. The highest BCUT2D eigenvalue weighted by Crippen LogP contribution is 2.14. The monoisotopic (exact) mass is 240 g/mol. The van der Waals surface area contributed by atoms with E-state index in [4.69, 9.17) is 5.11 Å². The van der Waals surface area contributed by atoms with Crippen molar-refractivity contribution in [1.29, 1.82) is 0 Å². The molecule has 17 heavy (non-hydrogen) atoms. The molecule has 0 saturated carbocycles. The summed E-state index contributed by atoms with van der Waals surface area (Å²) in [6.45, 7) is 8.19. The van der Waals surface area contributed by atoms with Crippen molar-refractivity contribution >= 4 is 0 Å². The lowest BCUT2D eigenvalue weighted by Crippen LogP contribution is -2.42. The lowest BCUT2D eigenvalue weighted by atomic mass is 9.95. The van der Waals surface area contributed by atoms with Crippen molar-refractivity contribution in [2.75, 3.05) is 6.61 Å². The molecule has 1 aromatic heterocycles. The first-order chi connectivity index (χ1) is 8.15. The summed E-state index contributed by atoms with van der Waals surface area (Å²) >= 11 is 0. The molecule has 1 unspecified atom stereocenters. The molecule has 1 aromatic rings. The minimum absolute atomic E-state index is 0.0300. The molecule has 1 heterocycles. The van der Waals surface area contributed by atoms with E-state index in [-0.39, 0.29) is 12.1 Å². The largest absolute Gasteiger partial charge is 0.396 e. The number of aromatic nitrogens is 3. The first-order valence-electron chi connectivity index (χ1n) is 6.37. The quantitative estimate of drug-likeness (QED) is 0.719. The van der Waals surface area contributed by atoms with Crippen LogP contribution in [-0.2, 0) is 13.1 Å². The Bertz CT molecular complexity index is 326. The Morgan fingerprint density at radius 1 is 1.47 bits per heavy atom. The third kappa shape index (κ3) is 4.09. The van der Waals surface area contributed by atoms with Crippen LogP contribution >= 0.6 is 0 Å². The van der Waals surface area contributed by atoms with Crippen molar-refractivity contribution in [3.05, 3.63) is 12.2 Å². The first-order valence-corrected chi connectivity index (χ1v) is 6.37. The minimum Gasteiger partial charge on any atom is -0.396 e. The third-order valence-electron chi connectivity index (χ3n) is 3.25. The van der Waals surface area contributed by atoms with E-state index in [1.54, 1.807) is 6.33 Å². The van der Waals surface area contributed by atoms with Gasteiger partial charge in [-0.3, -0.25) is 0 Å². The number of aliphatic hydroxyl groups excluding tert-OH is 1. The number of aryl methyl sites for hydroxylation is 1. The van der Waals surface area contributed by atoms with Gasteiger partial charge in [-0.25, -0.2) is 9.67 Å². The Hall–Kier alpha value is -0.940. The van der Waals surface area contributed by atoms with Gasteiger partial charge in [0.25, 0.3) is 0 Å². The van der Waals surface area contributed by atoms with Crippen LogP contribution in [0.15, 0.2) is 6.33 Å². The zero-order valence-corrected chi connectivity index (χ0v) is 11.1. The number of nitrogens with zero attached hydrogens (tertiary/aromatic N) is 3. The average Bonchev–Trinajstić information content (AvgIpc) is 2.75. The summed E-state index contributed by atoms with van der Waals surface area (Å²) in [4.78, 5) is 4.26. The third-order valence-corrected chi connectivity index (χ3v) is 3.25. The molecule has 0 aliphatic heterocycles. The second-order valence-corrected chi connectivity index (χ2v) is 4.64. The molecule has 0 aliphatic rings. The van der Waals surface area contributed by atoms with Crippen LogP contribution in [0.1, 0.15) is 45.9 Å². The summed E-state index contributed by atoms with van der Waals surface area (Å²) in [6, 6.07) is 0. The van der Waals surface area contributed by atoms with Crippen LogP contribution in [0.25, 0.3) is 0 Å². The molecule has 98 valence electrons. The molecule has 0 amide bonds. The van der Waals surface area contributed by atoms with Gasteiger partial charge in [0, 0.05) is 18.7 Å². The Morgan fingerprint density at radius 3 is 2.82 bits per heavy atom. The van der Waals surface area contributed by atoms with Crippen LogP contribution in [0.2, 0.25) is 0 Å². The highest BCUT2D eigenvalue weighted by molar-refractivity contribution is 4.89. The lowest BCUT2D eigenvalue weighted by Gasteiger charge is -2.29. The molecule has 0 radical (unpaired) electrons. The van der Waals surface area contributed by atoms with Crippen molar-refractivity contribution in [1.82, 2.24) is 20.1 Å². The smallest absolute Gasteiger partial charge is 0.140 e. The summed E-state index contributed by atoms with van der Waals surface area (Å²) in [7, 11) is 0. The van der Waals surface area contributed by atoms with Crippen LogP contribution < -0.4 is 5.32 Å². The van der Waals surface area contributed by atoms with E-state index in [0.29, 0.717) is 6.54 Å². The molecule has 1 atom stereocenters. The lowest BCUT2D eigenvalue weighted by molar-refractivity contribution is 0.213. The van der Waals surface area contributed by atoms with Crippen molar-refractivity contribution in [2.24, 2.45) is 0 Å². The SMILES string of the molecule is CCCn1ncnc1CNC(C)(CC)CCO. The maximum absolute atomic E-state index is 9.06. The molecule has 0 spiro atoms. The maximum Gasteiger partial charge on any atom is 0.140 e. The number of hydrogen-bond donors (Lipinski definition) is 2. The first kappa shape index (κ1) is 14.1. The number of aliphatic hydroxyl groups is 1. The predicted molar refractivity (Wildman–Crippen MR) is 67.6 cm³/mol. The average molecular weight is 240 g/mol. The van der Waals surface area contributed by atoms with E-state index in [9.17, 15) is 0 Å². The van der Waals surface area contributed by atoms with Crippen LogP contribution in [-0.4, -0.2) is 32.0 Å². The molecule has 1 rings (SSSR count). The van der Waals surface area contributed by atoms with Gasteiger partial charge in [-0.15, -0.1) is 0 Å². The van der Waals surface area contributed by atoms with E-state index in [1.165, 1.54) is 0 Å². The van der Waals surface area contributed by atoms with Gasteiger partial charge in [0.05, 0.1) is 6.54 Å². The highest BCUT2D eigenvalue weighted by atomic mass is 16.3. The molecule has 0 fully saturated rings. The normalized spacial score (nSPS) is 14.8. The van der Waals surface area contributed by atoms with Crippen molar-refractivity contribution in [2.45, 2.75) is 58.7 Å². The van der Waals surface area contributed by atoms with Gasteiger partial charge in [-0.05, 0) is 26.2 Å². The molecule has 5 heteroatoms. The second kappa shape index (κ2) is 6.71. The Morgan fingerprint density at radius 2 is 2.24 bits per heavy atom. The Kier molecular flexibility index (Phi) is 5.58.